The second-order valence-corrected chi connectivity index (χ2v) is 6.83. The molecule has 0 saturated heterocycles. The number of amides is 1. The van der Waals surface area contributed by atoms with Gasteiger partial charge in [0.15, 0.2) is 23.0 Å². The van der Waals surface area contributed by atoms with Gasteiger partial charge in [-0.15, -0.1) is 5.10 Å². The summed E-state index contributed by atoms with van der Waals surface area (Å²) in [6.07, 6.45) is 0. The van der Waals surface area contributed by atoms with Crippen molar-refractivity contribution in [3.05, 3.63) is 35.9 Å². The number of carbonyl (C=O) groups excluding carboxylic acids is 1. The van der Waals surface area contributed by atoms with Gasteiger partial charge in [-0.1, -0.05) is 5.10 Å². The summed E-state index contributed by atoms with van der Waals surface area (Å²) in [6.45, 7) is 7.76. The maximum absolute atomic E-state index is 12.9. The molecule has 10 nitrogen and oxygen atoms in total. The highest BCUT2D eigenvalue weighted by Gasteiger charge is 2.21. The van der Waals surface area contributed by atoms with E-state index >= 15 is 0 Å². The smallest absolute Gasteiger partial charge is 0.322 e. The van der Waals surface area contributed by atoms with E-state index in [-0.39, 0.29) is 11.9 Å². The maximum atomic E-state index is 12.9. The zero-order valence-corrected chi connectivity index (χ0v) is 18.7. The molecule has 1 amide bonds. The van der Waals surface area contributed by atoms with Gasteiger partial charge in [-0.3, -0.25) is 10.1 Å². The number of aromatic nitrogens is 2. The molecule has 0 spiro atoms. The molecule has 0 atom stereocenters. The van der Waals surface area contributed by atoms with Gasteiger partial charge in [0.1, 0.15) is 13.2 Å². The molecule has 0 saturated carbocycles. The minimum absolute atomic E-state index is 0.0466. The van der Waals surface area contributed by atoms with Crippen molar-refractivity contribution in [1.29, 1.82) is 0 Å². The van der Waals surface area contributed by atoms with Crippen LogP contribution in [0.1, 0.15) is 31.1 Å². The van der Waals surface area contributed by atoms with Crippen LogP contribution in [0.15, 0.2) is 34.7 Å². The molecule has 0 aliphatic carbocycles. The van der Waals surface area contributed by atoms with Crippen LogP contribution in [0.4, 0.5) is 6.01 Å². The van der Waals surface area contributed by atoms with Crippen molar-refractivity contribution in [3.63, 3.8) is 0 Å². The van der Waals surface area contributed by atoms with E-state index in [4.69, 9.17) is 28.1 Å². The van der Waals surface area contributed by atoms with Crippen LogP contribution in [0.2, 0.25) is 0 Å². The minimum atomic E-state index is -0.461. The number of anilines is 1. The third-order valence-corrected chi connectivity index (χ3v) is 4.61. The lowest BCUT2D eigenvalue weighted by atomic mass is 10.1. The Morgan fingerprint density at radius 2 is 1.58 bits per heavy atom. The molecule has 174 valence electrons. The number of hydrogen-bond acceptors (Lipinski definition) is 9. The summed E-state index contributed by atoms with van der Waals surface area (Å²) < 4.78 is 33.7. The number of nitrogens with one attached hydrogen (secondary N) is 1. The van der Waals surface area contributed by atoms with Crippen molar-refractivity contribution in [2.75, 3.05) is 38.4 Å². The molecule has 1 aromatic heterocycles. The van der Waals surface area contributed by atoms with Crippen molar-refractivity contribution >= 4 is 11.9 Å². The number of benzene rings is 2. The highest BCUT2D eigenvalue weighted by Crippen LogP contribution is 2.39. The Kier molecular flexibility index (Phi) is 6.82. The van der Waals surface area contributed by atoms with Crippen LogP contribution >= 0.6 is 0 Å². The van der Waals surface area contributed by atoms with E-state index < -0.39 is 5.91 Å². The summed E-state index contributed by atoms with van der Waals surface area (Å²) in [7, 11) is 0. The van der Waals surface area contributed by atoms with Crippen molar-refractivity contribution < 1.29 is 32.9 Å². The van der Waals surface area contributed by atoms with Crippen LogP contribution in [-0.4, -0.2) is 49.1 Å². The molecule has 3 aromatic rings. The lowest BCUT2D eigenvalue weighted by Crippen LogP contribution is -2.15. The van der Waals surface area contributed by atoms with E-state index in [0.29, 0.717) is 72.9 Å². The molecule has 1 N–H and O–H groups in total. The standard InChI is InChI=1S/C23H25N3O7/c1-4-28-18-12-15(13-19(29-5-2)20(18)30-6-3)21(27)24-23-26-25-22(33-23)14-7-8-16-17(11-14)32-10-9-31-16/h7-8,11-13H,4-6,9-10H2,1-3H3,(H,24,26,27). The second-order valence-electron chi connectivity index (χ2n) is 6.83. The molecule has 33 heavy (non-hydrogen) atoms. The average Bonchev–Trinajstić information content (AvgIpc) is 3.29. The Balaban J connectivity index is 1.55. The van der Waals surface area contributed by atoms with Gasteiger partial charge in [-0.25, -0.2) is 0 Å². The highest BCUT2D eigenvalue weighted by molar-refractivity contribution is 6.04. The normalized spacial score (nSPS) is 12.2. The predicted molar refractivity (Wildman–Crippen MR) is 119 cm³/mol. The van der Waals surface area contributed by atoms with E-state index in [1.54, 1.807) is 30.3 Å². The summed E-state index contributed by atoms with van der Waals surface area (Å²) in [5.74, 6) is 2.32. The lowest BCUT2D eigenvalue weighted by Gasteiger charge is -2.18. The molecule has 2 aromatic carbocycles. The third kappa shape index (κ3) is 4.94. The fourth-order valence-electron chi connectivity index (χ4n) is 3.26. The summed E-state index contributed by atoms with van der Waals surface area (Å²) in [6, 6.07) is 8.44. The number of rotatable bonds is 9. The number of nitrogens with zero attached hydrogens (tertiary/aromatic N) is 2. The quantitative estimate of drug-likeness (QED) is 0.512. The summed E-state index contributed by atoms with van der Waals surface area (Å²) in [5, 5.41) is 10.6. The Morgan fingerprint density at radius 1 is 0.909 bits per heavy atom. The van der Waals surface area contributed by atoms with Gasteiger partial charge in [0, 0.05) is 11.1 Å². The van der Waals surface area contributed by atoms with E-state index in [2.05, 4.69) is 15.5 Å². The number of fused-ring (bicyclic) bond motifs is 1. The topological polar surface area (TPSA) is 114 Å². The fraction of sp³-hybridized carbons (Fsp3) is 0.348. The third-order valence-electron chi connectivity index (χ3n) is 4.61. The first-order chi connectivity index (χ1) is 16.1. The van der Waals surface area contributed by atoms with Gasteiger partial charge >= 0.3 is 6.01 Å². The first kappa shape index (κ1) is 22.3. The fourth-order valence-corrected chi connectivity index (χ4v) is 3.26. The number of hydrogen-bond donors (Lipinski definition) is 1. The van der Waals surface area contributed by atoms with Crippen LogP contribution in [0.5, 0.6) is 28.7 Å². The number of ether oxygens (including phenoxy) is 5. The van der Waals surface area contributed by atoms with Crippen molar-refractivity contribution in [1.82, 2.24) is 10.2 Å². The predicted octanol–water partition coefficient (Wildman–Crippen LogP) is 3.96. The van der Waals surface area contributed by atoms with Gasteiger partial charge in [0.2, 0.25) is 11.6 Å². The van der Waals surface area contributed by atoms with Crippen molar-refractivity contribution in [3.8, 4) is 40.2 Å². The average molecular weight is 455 g/mol. The minimum Gasteiger partial charge on any atom is -0.490 e. The first-order valence-corrected chi connectivity index (χ1v) is 10.7. The molecule has 1 aliphatic heterocycles. The Morgan fingerprint density at radius 3 is 2.24 bits per heavy atom. The van der Waals surface area contributed by atoms with Gasteiger partial charge in [-0.05, 0) is 51.1 Å². The molecule has 4 rings (SSSR count). The molecular formula is C23H25N3O7. The SMILES string of the molecule is CCOc1cc(C(=O)Nc2nnc(-c3ccc4c(c3)OCCO4)o2)cc(OCC)c1OCC. The van der Waals surface area contributed by atoms with Crippen LogP contribution < -0.4 is 29.0 Å². The second kappa shape index (κ2) is 10.1. The monoisotopic (exact) mass is 455 g/mol. The molecule has 1 aliphatic rings. The molecule has 0 fully saturated rings. The Labute approximate surface area is 190 Å². The van der Waals surface area contributed by atoms with Gasteiger partial charge < -0.3 is 28.1 Å². The molecular weight excluding hydrogens is 430 g/mol. The molecule has 0 unspecified atom stereocenters. The lowest BCUT2D eigenvalue weighted by molar-refractivity contribution is 0.102. The van der Waals surface area contributed by atoms with Gasteiger partial charge in [-0.2, -0.15) is 0 Å². The largest absolute Gasteiger partial charge is 0.490 e. The van der Waals surface area contributed by atoms with E-state index in [0.717, 1.165) is 0 Å². The molecule has 10 heteroatoms. The van der Waals surface area contributed by atoms with Gasteiger partial charge in [0.05, 0.1) is 19.8 Å². The Bertz CT molecular complexity index is 1100. The van der Waals surface area contributed by atoms with Crippen LogP contribution in [0.3, 0.4) is 0 Å². The molecule has 0 bridgehead atoms. The van der Waals surface area contributed by atoms with Crippen molar-refractivity contribution in [2.24, 2.45) is 0 Å². The summed E-state index contributed by atoms with van der Waals surface area (Å²) in [5.41, 5.74) is 0.940. The van der Waals surface area contributed by atoms with E-state index in [9.17, 15) is 4.79 Å². The highest BCUT2D eigenvalue weighted by atomic mass is 16.6. The number of carbonyl (C=O) groups is 1. The van der Waals surface area contributed by atoms with Crippen LogP contribution in [0, 0.1) is 0 Å². The van der Waals surface area contributed by atoms with Crippen LogP contribution in [0.25, 0.3) is 11.5 Å². The van der Waals surface area contributed by atoms with E-state index in [1.807, 2.05) is 20.8 Å². The first-order valence-electron chi connectivity index (χ1n) is 10.7. The van der Waals surface area contributed by atoms with Crippen molar-refractivity contribution in [2.45, 2.75) is 20.8 Å². The molecule has 2 heterocycles. The summed E-state index contributed by atoms with van der Waals surface area (Å²) in [4.78, 5) is 12.9. The maximum Gasteiger partial charge on any atom is 0.322 e. The van der Waals surface area contributed by atoms with E-state index in [1.165, 1.54) is 0 Å². The van der Waals surface area contributed by atoms with Crippen LogP contribution in [-0.2, 0) is 0 Å². The van der Waals surface area contributed by atoms with Gasteiger partial charge in [0.25, 0.3) is 5.91 Å². The summed E-state index contributed by atoms with van der Waals surface area (Å²) >= 11 is 0. The zero-order chi connectivity index (χ0) is 23.2. The molecule has 0 radical (unpaired) electrons. The Hall–Kier alpha value is -3.95. The zero-order valence-electron chi connectivity index (χ0n) is 18.7.